The number of phenols is 2. The van der Waals surface area contributed by atoms with Gasteiger partial charge in [-0.2, -0.15) is 0 Å². The van der Waals surface area contributed by atoms with E-state index >= 15 is 0 Å². The van der Waals surface area contributed by atoms with Crippen LogP contribution in [0.5, 0.6) is 11.5 Å². The Kier molecular flexibility index (Phi) is 6.49. The number of methoxy groups -OCH3 is 2. The van der Waals surface area contributed by atoms with E-state index in [-0.39, 0.29) is 4.90 Å². The Hall–Kier alpha value is -2.00. The van der Waals surface area contributed by atoms with E-state index in [2.05, 4.69) is 9.47 Å². The minimum atomic E-state index is -0.959. The Morgan fingerprint density at radius 1 is 1.08 bits per heavy atom. The fourth-order valence-electron chi connectivity index (χ4n) is 2.56. The molecule has 0 spiro atoms. The number of hydrogen-bond donors (Lipinski definition) is 2. The third-order valence-electron chi connectivity index (χ3n) is 3.83. The molecule has 0 saturated carbocycles. The largest absolute Gasteiger partial charge is 0.507 e. The molecule has 7 nitrogen and oxygen atoms in total. The first-order chi connectivity index (χ1) is 11.9. The predicted molar refractivity (Wildman–Crippen MR) is 96.3 cm³/mol. The molecule has 1 aliphatic heterocycles. The summed E-state index contributed by atoms with van der Waals surface area (Å²) in [6.45, 7) is 1.64. The summed E-state index contributed by atoms with van der Waals surface area (Å²) in [6, 6.07) is 1.19. The van der Waals surface area contributed by atoms with Crippen LogP contribution in [0.3, 0.4) is 0 Å². The number of carbonyl (C=O) groups is 2. The van der Waals surface area contributed by atoms with Gasteiger partial charge in [-0.15, -0.1) is 0 Å². The van der Waals surface area contributed by atoms with Crippen LogP contribution in [0, 0.1) is 0 Å². The van der Waals surface area contributed by atoms with Crippen molar-refractivity contribution in [3.8, 4) is 11.5 Å². The summed E-state index contributed by atoms with van der Waals surface area (Å²) in [5.41, 5.74) is -0.890. The average molecular weight is 385 g/mol. The molecular formula is C16H19NO6S2. The molecule has 0 bridgehead atoms. The smallest absolute Gasteiger partial charge is 0.342 e. The van der Waals surface area contributed by atoms with Crippen molar-refractivity contribution < 1.29 is 29.3 Å². The Labute approximate surface area is 154 Å². The SMILES string of the molecule is COC(=O)c1c(O)cc(SC(=S)N2CCCCC2)c(O)c1C(=O)OC. The molecule has 0 radical (unpaired) electrons. The molecule has 1 saturated heterocycles. The average Bonchev–Trinajstić information content (AvgIpc) is 2.63. The molecule has 0 amide bonds. The number of rotatable bonds is 3. The van der Waals surface area contributed by atoms with Crippen LogP contribution in [-0.4, -0.2) is 58.7 Å². The second-order valence-electron chi connectivity index (χ2n) is 5.39. The van der Waals surface area contributed by atoms with Crippen molar-refractivity contribution in [2.45, 2.75) is 24.2 Å². The predicted octanol–water partition coefficient (Wildman–Crippen LogP) is 2.53. The Bertz CT molecular complexity index is 700. The number of carbonyl (C=O) groups excluding carboxylic acids is 2. The van der Waals surface area contributed by atoms with Crippen molar-refractivity contribution in [1.29, 1.82) is 0 Å². The normalized spacial score (nSPS) is 14.1. The molecule has 0 atom stereocenters. The van der Waals surface area contributed by atoms with Gasteiger partial charge < -0.3 is 24.6 Å². The van der Waals surface area contributed by atoms with E-state index in [1.54, 1.807) is 0 Å². The lowest BCUT2D eigenvalue weighted by Crippen LogP contribution is -2.32. The zero-order valence-electron chi connectivity index (χ0n) is 13.9. The first-order valence-electron chi connectivity index (χ1n) is 7.63. The van der Waals surface area contributed by atoms with Crippen LogP contribution in [0.25, 0.3) is 0 Å². The number of ether oxygens (including phenoxy) is 2. The Morgan fingerprint density at radius 2 is 1.64 bits per heavy atom. The highest BCUT2D eigenvalue weighted by Crippen LogP contribution is 2.40. The summed E-state index contributed by atoms with van der Waals surface area (Å²) < 4.78 is 9.70. The van der Waals surface area contributed by atoms with Crippen molar-refractivity contribution in [2.75, 3.05) is 27.3 Å². The molecule has 0 aliphatic carbocycles. The number of benzene rings is 1. The summed E-state index contributed by atoms with van der Waals surface area (Å²) in [6.07, 6.45) is 3.22. The monoisotopic (exact) mass is 385 g/mol. The molecule has 9 heteroatoms. The number of piperidine rings is 1. The molecule has 1 fully saturated rings. The maximum Gasteiger partial charge on any atom is 0.342 e. The number of hydrogen-bond acceptors (Lipinski definition) is 8. The van der Waals surface area contributed by atoms with Crippen LogP contribution in [-0.2, 0) is 9.47 Å². The third-order valence-corrected chi connectivity index (χ3v) is 5.31. The van der Waals surface area contributed by atoms with Gasteiger partial charge in [0.1, 0.15) is 26.9 Å². The van der Waals surface area contributed by atoms with Crippen LogP contribution in [0.4, 0.5) is 0 Å². The molecule has 1 aromatic rings. The fraction of sp³-hybridized carbons (Fsp3) is 0.438. The molecule has 2 rings (SSSR count). The first-order valence-corrected chi connectivity index (χ1v) is 8.85. The van der Waals surface area contributed by atoms with E-state index in [0.717, 1.165) is 58.3 Å². The topological polar surface area (TPSA) is 96.3 Å². The van der Waals surface area contributed by atoms with Crippen molar-refractivity contribution in [3.05, 3.63) is 17.2 Å². The van der Waals surface area contributed by atoms with Crippen molar-refractivity contribution in [1.82, 2.24) is 4.90 Å². The van der Waals surface area contributed by atoms with Gasteiger partial charge in [0.15, 0.2) is 0 Å². The summed E-state index contributed by atoms with van der Waals surface area (Å²) in [7, 11) is 2.21. The van der Waals surface area contributed by atoms with E-state index < -0.39 is 34.6 Å². The minimum Gasteiger partial charge on any atom is -0.507 e. The molecule has 1 aliphatic rings. The summed E-state index contributed by atoms with van der Waals surface area (Å²) >= 11 is 6.44. The molecule has 1 aromatic carbocycles. The molecule has 25 heavy (non-hydrogen) atoms. The fourth-order valence-corrected chi connectivity index (χ4v) is 3.88. The summed E-state index contributed by atoms with van der Waals surface area (Å²) in [5.74, 6) is -2.88. The summed E-state index contributed by atoms with van der Waals surface area (Å²) in [4.78, 5) is 26.1. The molecule has 136 valence electrons. The number of esters is 2. The highest BCUT2D eigenvalue weighted by Gasteiger charge is 2.30. The van der Waals surface area contributed by atoms with Gasteiger partial charge in [0.25, 0.3) is 0 Å². The van der Waals surface area contributed by atoms with Gasteiger partial charge in [-0.1, -0.05) is 24.0 Å². The number of phenolic OH excluding ortho intramolecular Hbond substituents is 2. The quantitative estimate of drug-likeness (QED) is 0.352. The van der Waals surface area contributed by atoms with Gasteiger partial charge in [0.05, 0.1) is 19.1 Å². The van der Waals surface area contributed by atoms with E-state index in [9.17, 15) is 19.8 Å². The number of thiocarbonyl (C=S) groups is 1. The number of likely N-dealkylation sites (tertiary alicyclic amines) is 1. The van der Waals surface area contributed by atoms with E-state index in [1.807, 2.05) is 4.90 Å². The van der Waals surface area contributed by atoms with Crippen LogP contribution in [0.1, 0.15) is 40.0 Å². The second kappa shape index (κ2) is 8.39. The third kappa shape index (κ3) is 4.16. The van der Waals surface area contributed by atoms with Gasteiger partial charge in [-0.25, -0.2) is 9.59 Å². The van der Waals surface area contributed by atoms with Gasteiger partial charge in [-0.3, -0.25) is 0 Å². The zero-order chi connectivity index (χ0) is 18.6. The lowest BCUT2D eigenvalue weighted by molar-refractivity contribution is 0.0548. The van der Waals surface area contributed by atoms with Crippen molar-refractivity contribution >= 4 is 40.2 Å². The van der Waals surface area contributed by atoms with Crippen LogP contribution >= 0.6 is 24.0 Å². The van der Waals surface area contributed by atoms with Crippen LogP contribution in [0.15, 0.2) is 11.0 Å². The maximum atomic E-state index is 12.0. The first kappa shape index (κ1) is 19.3. The molecule has 0 aromatic heterocycles. The zero-order valence-corrected chi connectivity index (χ0v) is 15.5. The second-order valence-corrected chi connectivity index (χ2v) is 7.07. The highest BCUT2D eigenvalue weighted by molar-refractivity contribution is 8.23. The lowest BCUT2D eigenvalue weighted by Gasteiger charge is -2.28. The standard InChI is InChI=1S/C16H19NO6S2/c1-22-14(20)11-9(18)8-10(13(19)12(11)15(21)23-2)25-16(24)17-6-4-3-5-7-17/h8,18-19H,3-7H2,1-2H3. The van der Waals surface area contributed by atoms with E-state index in [4.69, 9.17) is 12.2 Å². The van der Waals surface area contributed by atoms with Gasteiger partial charge in [0, 0.05) is 13.1 Å². The van der Waals surface area contributed by atoms with Crippen molar-refractivity contribution in [3.63, 3.8) is 0 Å². The summed E-state index contributed by atoms with van der Waals surface area (Å²) in [5, 5.41) is 20.6. The lowest BCUT2D eigenvalue weighted by atomic mass is 10.1. The van der Waals surface area contributed by atoms with Gasteiger partial charge in [0.2, 0.25) is 0 Å². The molecule has 1 heterocycles. The number of nitrogens with zero attached hydrogens (tertiary/aromatic N) is 1. The maximum absolute atomic E-state index is 12.0. The van der Waals surface area contributed by atoms with Crippen molar-refractivity contribution in [2.24, 2.45) is 0 Å². The Morgan fingerprint density at radius 3 is 2.20 bits per heavy atom. The minimum absolute atomic E-state index is 0.168. The Balaban J connectivity index is 2.42. The number of thioether (sulfide) groups is 1. The highest BCUT2D eigenvalue weighted by atomic mass is 32.2. The molecule has 0 unspecified atom stereocenters. The molecule has 2 N–H and O–H groups in total. The van der Waals surface area contributed by atoms with Gasteiger partial charge >= 0.3 is 11.9 Å². The van der Waals surface area contributed by atoms with Gasteiger partial charge in [-0.05, 0) is 25.3 Å². The van der Waals surface area contributed by atoms with Crippen LogP contribution < -0.4 is 0 Å². The van der Waals surface area contributed by atoms with E-state index in [1.165, 1.54) is 6.07 Å². The van der Waals surface area contributed by atoms with E-state index in [0.29, 0.717) is 4.32 Å². The molecular weight excluding hydrogens is 366 g/mol. The number of aromatic hydroxyl groups is 2. The van der Waals surface area contributed by atoms with Crippen LogP contribution in [0.2, 0.25) is 0 Å².